The van der Waals surface area contributed by atoms with E-state index in [0.717, 1.165) is 0 Å². The molecule has 2 amide bonds. The minimum Gasteiger partial charge on any atom is -0.478 e. The Kier molecular flexibility index (Phi) is 5.92. The zero-order valence-electron chi connectivity index (χ0n) is 11.2. The van der Waals surface area contributed by atoms with Crippen molar-refractivity contribution in [3.05, 3.63) is 30.1 Å². The number of nitrogens with one attached hydrogen (secondary N) is 2. The molecule has 3 N–H and O–H groups in total. The summed E-state index contributed by atoms with van der Waals surface area (Å²) in [6.45, 7) is 0.873. The zero-order valence-corrected chi connectivity index (χ0v) is 11.2. The van der Waals surface area contributed by atoms with Crippen LogP contribution >= 0.6 is 0 Å². The van der Waals surface area contributed by atoms with Crippen LogP contribution in [-0.2, 0) is 9.59 Å². The van der Waals surface area contributed by atoms with E-state index < -0.39 is 36.4 Å². The molecule has 0 aliphatic heterocycles. The van der Waals surface area contributed by atoms with Gasteiger partial charge in [0.2, 0.25) is 5.91 Å². The minimum absolute atomic E-state index is 0.0596. The third kappa shape index (κ3) is 4.20. The molecule has 0 aromatic heterocycles. The average molecular weight is 284 g/mol. The fourth-order valence-electron chi connectivity index (χ4n) is 1.44. The van der Waals surface area contributed by atoms with Crippen molar-refractivity contribution in [3.8, 4) is 5.75 Å². The number of likely N-dealkylation sites (N-methyl/N-ethyl adjacent to an activating group) is 1. The van der Waals surface area contributed by atoms with E-state index in [2.05, 4.69) is 10.6 Å². The zero-order chi connectivity index (χ0) is 15.1. The van der Waals surface area contributed by atoms with E-state index in [1.807, 2.05) is 0 Å². The van der Waals surface area contributed by atoms with Crippen molar-refractivity contribution in [2.45, 2.75) is 19.1 Å². The molecule has 7 heteroatoms. The number of amides is 2. The molecular formula is C13H17FN2O4. The van der Waals surface area contributed by atoms with Crippen LogP contribution in [0.3, 0.4) is 0 Å². The summed E-state index contributed by atoms with van der Waals surface area (Å²) in [5.41, 5.74) is 0. The molecule has 1 aromatic carbocycles. The van der Waals surface area contributed by atoms with Crippen molar-refractivity contribution in [2.24, 2.45) is 0 Å². The molecule has 0 fully saturated rings. The van der Waals surface area contributed by atoms with Crippen LogP contribution in [0.15, 0.2) is 24.3 Å². The van der Waals surface area contributed by atoms with Gasteiger partial charge in [-0.25, -0.2) is 4.39 Å². The lowest BCUT2D eigenvalue weighted by Crippen LogP contribution is -2.51. The van der Waals surface area contributed by atoms with Gasteiger partial charge in [0.25, 0.3) is 5.91 Å². The molecule has 0 bridgehead atoms. The van der Waals surface area contributed by atoms with Gasteiger partial charge in [-0.05, 0) is 19.1 Å². The standard InChI is InChI=1S/C13H17FN2O4/c1-8(20-11-6-4-3-5-9(11)14)12(18)16-10(7-17)13(19)15-2/h3-6,8,10,17H,7H2,1-2H3,(H,15,19)(H,16,18)/t8-,10+/m0/s1. The second-order valence-electron chi connectivity index (χ2n) is 4.05. The number of hydrogen-bond acceptors (Lipinski definition) is 4. The predicted octanol–water partition coefficient (Wildman–Crippen LogP) is -0.184. The van der Waals surface area contributed by atoms with Crippen LogP contribution in [0.4, 0.5) is 4.39 Å². The molecule has 20 heavy (non-hydrogen) atoms. The summed E-state index contributed by atoms with van der Waals surface area (Å²) < 4.78 is 18.5. The van der Waals surface area contributed by atoms with Gasteiger partial charge in [-0.1, -0.05) is 12.1 Å². The van der Waals surface area contributed by atoms with Crippen LogP contribution in [0.5, 0.6) is 5.75 Å². The molecule has 0 saturated heterocycles. The second-order valence-corrected chi connectivity index (χ2v) is 4.05. The molecule has 0 saturated carbocycles. The van der Waals surface area contributed by atoms with Crippen LogP contribution in [0.25, 0.3) is 0 Å². The predicted molar refractivity (Wildman–Crippen MR) is 69.6 cm³/mol. The second kappa shape index (κ2) is 7.44. The first-order valence-electron chi connectivity index (χ1n) is 6.03. The Balaban J connectivity index is 2.63. The Morgan fingerprint density at radius 2 is 2.00 bits per heavy atom. The summed E-state index contributed by atoms with van der Waals surface area (Å²) >= 11 is 0. The maximum absolute atomic E-state index is 13.4. The molecule has 0 aliphatic rings. The van der Waals surface area contributed by atoms with Crippen LogP contribution in [0, 0.1) is 5.82 Å². The first kappa shape index (κ1) is 15.9. The van der Waals surface area contributed by atoms with Crippen molar-refractivity contribution in [3.63, 3.8) is 0 Å². The number of hydrogen-bond donors (Lipinski definition) is 3. The van der Waals surface area contributed by atoms with Gasteiger partial charge < -0.3 is 20.5 Å². The number of aliphatic hydroxyl groups excluding tert-OH is 1. The molecular weight excluding hydrogens is 267 g/mol. The van der Waals surface area contributed by atoms with Crippen molar-refractivity contribution >= 4 is 11.8 Å². The summed E-state index contributed by atoms with van der Waals surface area (Å²) in [6.07, 6.45) is -1.01. The van der Waals surface area contributed by atoms with Crippen LogP contribution in [-0.4, -0.2) is 42.7 Å². The maximum Gasteiger partial charge on any atom is 0.261 e. The van der Waals surface area contributed by atoms with E-state index in [1.54, 1.807) is 6.07 Å². The fraction of sp³-hybridized carbons (Fsp3) is 0.385. The monoisotopic (exact) mass is 284 g/mol. The lowest BCUT2D eigenvalue weighted by atomic mass is 10.2. The highest BCUT2D eigenvalue weighted by atomic mass is 19.1. The number of ether oxygens (including phenoxy) is 1. The van der Waals surface area contributed by atoms with E-state index in [4.69, 9.17) is 9.84 Å². The Bertz CT molecular complexity index is 481. The van der Waals surface area contributed by atoms with Crippen LogP contribution < -0.4 is 15.4 Å². The average Bonchev–Trinajstić information content (AvgIpc) is 2.45. The summed E-state index contributed by atoms with van der Waals surface area (Å²) in [7, 11) is 1.39. The Morgan fingerprint density at radius 1 is 1.35 bits per heavy atom. The number of carbonyl (C=O) groups excluding carboxylic acids is 2. The first-order valence-corrected chi connectivity index (χ1v) is 6.03. The van der Waals surface area contributed by atoms with Crippen molar-refractivity contribution in [1.29, 1.82) is 0 Å². The smallest absolute Gasteiger partial charge is 0.261 e. The van der Waals surface area contributed by atoms with E-state index in [1.165, 1.54) is 32.2 Å². The number of rotatable bonds is 6. The lowest BCUT2D eigenvalue weighted by Gasteiger charge is -2.19. The van der Waals surface area contributed by atoms with E-state index in [9.17, 15) is 14.0 Å². The maximum atomic E-state index is 13.4. The van der Waals surface area contributed by atoms with E-state index in [-0.39, 0.29) is 5.75 Å². The third-order valence-corrected chi connectivity index (χ3v) is 2.57. The first-order chi connectivity index (χ1) is 9.49. The molecule has 0 spiro atoms. The summed E-state index contributed by atoms with van der Waals surface area (Å²) in [5.74, 6) is -1.80. The lowest BCUT2D eigenvalue weighted by molar-refractivity contribution is -0.133. The highest BCUT2D eigenvalue weighted by Gasteiger charge is 2.23. The number of aliphatic hydroxyl groups is 1. The SMILES string of the molecule is CNC(=O)[C@@H](CO)NC(=O)[C@H](C)Oc1ccccc1F. The molecule has 110 valence electrons. The van der Waals surface area contributed by atoms with Gasteiger partial charge in [0.05, 0.1) is 6.61 Å². The largest absolute Gasteiger partial charge is 0.478 e. The van der Waals surface area contributed by atoms with E-state index >= 15 is 0 Å². The van der Waals surface area contributed by atoms with Crippen molar-refractivity contribution in [2.75, 3.05) is 13.7 Å². The molecule has 0 aliphatic carbocycles. The van der Waals surface area contributed by atoms with Gasteiger partial charge in [-0.3, -0.25) is 9.59 Å². The molecule has 1 rings (SSSR count). The van der Waals surface area contributed by atoms with Crippen LogP contribution in [0.2, 0.25) is 0 Å². The summed E-state index contributed by atoms with van der Waals surface area (Å²) in [4.78, 5) is 23.1. The quantitative estimate of drug-likeness (QED) is 0.676. The summed E-state index contributed by atoms with van der Waals surface area (Å²) in [6, 6.07) is 4.60. The van der Waals surface area contributed by atoms with Gasteiger partial charge in [-0.15, -0.1) is 0 Å². The molecule has 2 atom stereocenters. The van der Waals surface area contributed by atoms with Crippen molar-refractivity contribution < 1.29 is 23.8 Å². The Hall–Kier alpha value is -2.15. The normalized spacial score (nSPS) is 13.2. The van der Waals surface area contributed by atoms with Gasteiger partial charge >= 0.3 is 0 Å². The topological polar surface area (TPSA) is 87.7 Å². The molecule has 0 radical (unpaired) electrons. The van der Waals surface area contributed by atoms with Gasteiger partial charge in [0.15, 0.2) is 17.7 Å². The minimum atomic E-state index is -1.07. The number of benzene rings is 1. The third-order valence-electron chi connectivity index (χ3n) is 2.57. The molecule has 1 aromatic rings. The Labute approximate surface area is 115 Å². The summed E-state index contributed by atoms with van der Waals surface area (Å²) in [5, 5.41) is 13.6. The molecule has 6 nitrogen and oxygen atoms in total. The molecule has 0 heterocycles. The van der Waals surface area contributed by atoms with Gasteiger partial charge in [0, 0.05) is 7.05 Å². The van der Waals surface area contributed by atoms with Crippen molar-refractivity contribution in [1.82, 2.24) is 10.6 Å². The number of carbonyl (C=O) groups is 2. The Morgan fingerprint density at radius 3 is 2.55 bits per heavy atom. The highest BCUT2D eigenvalue weighted by Crippen LogP contribution is 2.16. The van der Waals surface area contributed by atoms with Crippen LogP contribution in [0.1, 0.15) is 6.92 Å². The van der Waals surface area contributed by atoms with Gasteiger partial charge in [0.1, 0.15) is 6.04 Å². The highest BCUT2D eigenvalue weighted by molar-refractivity contribution is 5.89. The van der Waals surface area contributed by atoms with Gasteiger partial charge in [-0.2, -0.15) is 0 Å². The fourth-order valence-corrected chi connectivity index (χ4v) is 1.44. The number of halogens is 1. The number of para-hydroxylation sites is 1. The molecule has 0 unspecified atom stereocenters. The van der Waals surface area contributed by atoms with E-state index in [0.29, 0.717) is 0 Å².